The molecular formula is C15H12BrClFN3. The predicted octanol–water partition coefficient (Wildman–Crippen LogP) is 4.12. The van der Waals surface area contributed by atoms with Crippen LogP contribution in [0.3, 0.4) is 0 Å². The molecule has 0 saturated carbocycles. The Balaban J connectivity index is 2.02. The largest absolute Gasteiger partial charge is 0.369 e. The summed E-state index contributed by atoms with van der Waals surface area (Å²) in [4.78, 5) is 6.17. The molecule has 0 amide bonds. The molecular weight excluding hydrogens is 357 g/mol. The number of benzene rings is 2. The Morgan fingerprint density at radius 2 is 1.95 bits per heavy atom. The van der Waals surface area contributed by atoms with Crippen LogP contribution in [0.5, 0.6) is 0 Å². The average molecular weight is 369 g/mol. The topological polar surface area (TPSA) is 41.6 Å². The first-order valence-corrected chi connectivity index (χ1v) is 7.53. The van der Waals surface area contributed by atoms with Gasteiger partial charge >= 0.3 is 0 Å². The van der Waals surface area contributed by atoms with Crippen molar-refractivity contribution in [1.82, 2.24) is 0 Å². The van der Waals surface area contributed by atoms with Crippen LogP contribution in [0.1, 0.15) is 11.6 Å². The van der Waals surface area contributed by atoms with E-state index in [-0.39, 0.29) is 11.9 Å². The van der Waals surface area contributed by atoms with E-state index in [1.807, 2.05) is 17.0 Å². The van der Waals surface area contributed by atoms with Gasteiger partial charge in [-0.25, -0.2) is 4.39 Å². The number of guanidine groups is 1. The highest BCUT2D eigenvalue weighted by Crippen LogP contribution is 2.35. The summed E-state index contributed by atoms with van der Waals surface area (Å²) in [7, 11) is 0. The fourth-order valence-electron chi connectivity index (χ4n) is 2.42. The van der Waals surface area contributed by atoms with Gasteiger partial charge in [0.1, 0.15) is 5.82 Å². The van der Waals surface area contributed by atoms with Crippen molar-refractivity contribution in [2.24, 2.45) is 10.7 Å². The predicted molar refractivity (Wildman–Crippen MR) is 87.3 cm³/mol. The van der Waals surface area contributed by atoms with Crippen molar-refractivity contribution in [3.63, 3.8) is 0 Å². The Morgan fingerprint density at radius 3 is 2.67 bits per heavy atom. The van der Waals surface area contributed by atoms with Crippen molar-refractivity contribution < 1.29 is 4.39 Å². The lowest BCUT2D eigenvalue weighted by molar-refractivity contribution is 0.620. The van der Waals surface area contributed by atoms with E-state index >= 15 is 0 Å². The molecule has 1 heterocycles. The lowest BCUT2D eigenvalue weighted by atomic mass is 10.1. The van der Waals surface area contributed by atoms with Crippen molar-refractivity contribution in [3.8, 4) is 0 Å². The summed E-state index contributed by atoms with van der Waals surface area (Å²) in [5.74, 6) is 0.133. The molecule has 6 heteroatoms. The van der Waals surface area contributed by atoms with E-state index in [9.17, 15) is 4.39 Å². The van der Waals surface area contributed by atoms with Crippen LogP contribution in [0.4, 0.5) is 10.1 Å². The van der Waals surface area contributed by atoms with E-state index in [1.165, 1.54) is 12.1 Å². The molecule has 2 aromatic carbocycles. The molecule has 2 aromatic rings. The highest BCUT2D eigenvalue weighted by Gasteiger charge is 2.30. The van der Waals surface area contributed by atoms with E-state index < -0.39 is 0 Å². The minimum absolute atomic E-state index is 0.142. The van der Waals surface area contributed by atoms with Crippen LogP contribution in [0.2, 0.25) is 5.02 Å². The third-order valence-electron chi connectivity index (χ3n) is 3.41. The molecule has 3 rings (SSSR count). The standard InChI is InChI=1S/C15H12BrClFN3/c16-13-6-3-10(18)7-12(13)14-8-20-15(19)21(14)11-4-1-9(17)2-5-11/h1-7,14H,8H2,(H2,19,20). The zero-order valence-electron chi connectivity index (χ0n) is 10.9. The molecule has 0 bridgehead atoms. The monoisotopic (exact) mass is 367 g/mol. The third kappa shape index (κ3) is 2.76. The van der Waals surface area contributed by atoms with E-state index in [1.54, 1.807) is 18.2 Å². The first kappa shape index (κ1) is 14.4. The van der Waals surface area contributed by atoms with Gasteiger partial charge in [-0.3, -0.25) is 4.99 Å². The molecule has 1 aliphatic heterocycles. The van der Waals surface area contributed by atoms with Crippen molar-refractivity contribution >= 4 is 39.2 Å². The molecule has 21 heavy (non-hydrogen) atoms. The number of nitrogens with zero attached hydrogens (tertiary/aromatic N) is 2. The quantitative estimate of drug-likeness (QED) is 0.866. The fourth-order valence-corrected chi connectivity index (χ4v) is 3.06. The molecule has 2 N–H and O–H groups in total. The van der Waals surface area contributed by atoms with Gasteiger partial charge in [0.2, 0.25) is 0 Å². The van der Waals surface area contributed by atoms with E-state index in [0.29, 0.717) is 17.5 Å². The summed E-state index contributed by atoms with van der Waals surface area (Å²) in [6, 6.07) is 11.8. The summed E-state index contributed by atoms with van der Waals surface area (Å²) < 4.78 is 14.4. The maximum atomic E-state index is 13.6. The Morgan fingerprint density at radius 1 is 1.24 bits per heavy atom. The minimum atomic E-state index is -0.283. The van der Waals surface area contributed by atoms with Crippen LogP contribution in [0.15, 0.2) is 51.9 Å². The van der Waals surface area contributed by atoms with Gasteiger partial charge in [0, 0.05) is 15.2 Å². The molecule has 0 spiro atoms. The van der Waals surface area contributed by atoms with Crippen LogP contribution >= 0.6 is 27.5 Å². The van der Waals surface area contributed by atoms with Crippen molar-refractivity contribution in [3.05, 3.63) is 63.3 Å². The first-order chi connectivity index (χ1) is 10.1. The molecule has 0 aliphatic carbocycles. The zero-order valence-corrected chi connectivity index (χ0v) is 13.3. The third-order valence-corrected chi connectivity index (χ3v) is 4.38. The first-order valence-electron chi connectivity index (χ1n) is 6.36. The molecule has 0 saturated heterocycles. The Bertz CT molecular complexity index is 703. The SMILES string of the molecule is NC1=NCC(c2cc(F)ccc2Br)N1c1ccc(Cl)cc1. The fraction of sp³-hybridized carbons (Fsp3) is 0.133. The van der Waals surface area contributed by atoms with Gasteiger partial charge in [0.05, 0.1) is 12.6 Å². The Kier molecular flexibility index (Phi) is 3.87. The lowest BCUT2D eigenvalue weighted by Crippen LogP contribution is -2.36. The summed E-state index contributed by atoms with van der Waals surface area (Å²) >= 11 is 9.38. The number of rotatable bonds is 2. The zero-order chi connectivity index (χ0) is 15.0. The number of nitrogens with two attached hydrogens (primary N) is 1. The van der Waals surface area contributed by atoms with E-state index in [2.05, 4.69) is 20.9 Å². The molecule has 1 atom stereocenters. The Labute approximate surface area is 135 Å². The molecule has 1 aliphatic rings. The van der Waals surface area contributed by atoms with E-state index in [0.717, 1.165) is 15.7 Å². The van der Waals surface area contributed by atoms with Gasteiger partial charge in [-0.15, -0.1) is 0 Å². The van der Waals surface area contributed by atoms with Crippen molar-refractivity contribution in [1.29, 1.82) is 0 Å². The van der Waals surface area contributed by atoms with Crippen LogP contribution in [0, 0.1) is 5.82 Å². The average Bonchev–Trinajstić information content (AvgIpc) is 2.84. The van der Waals surface area contributed by atoms with Crippen LogP contribution in [-0.2, 0) is 0 Å². The number of aliphatic imine (C=N–C) groups is 1. The second-order valence-electron chi connectivity index (χ2n) is 4.73. The van der Waals surface area contributed by atoms with Crippen LogP contribution in [-0.4, -0.2) is 12.5 Å². The van der Waals surface area contributed by atoms with E-state index in [4.69, 9.17) is 17.3 Å². The van der Waals surface area contributed by atoms with Gasteiger partial charge in [-0.05, 0) is 48.0 Å². The van der Waals surface area contributed by atoms with Crippen molar-refractivity contribution in [2.75, 3.05) is 11.4 Å². The summed E-state index contributed by atoms with van der Waals surface area (Å²) in [6.07, 6.45) is 0. The molecule has 0 fully saturated rings. The summed E-state index contributed by atoms with van der Waals surface area (Å²) in [6.45, 7) is 0.483. The summed E-state index contributed by atoms with van der Waals surface area (Å²) in [5, 5.41) is 0.650. The highest BCUT2D eigenvalue weighted by molar-refractivity contribution is 9.10. The number of halogens is 3. The normalized spacial score (nSPS) is 18.0. The van der Waals surface area contributed by atoms with Crippen LogP contribution < -0.4 is 10.6 Å². The number of hydrogen-bond acceptors (Lipinski definition) is 3. The maximum Gasteiger partial charge on any atom is 0.196 e. The van der Waals surface area contributed by atoms with Gasteiger partial charge in [-0.2, -0.15) is 0 Å². The van der Waals surface area contributed by atoms with Gasteiger partial charge in [0.15, 0.2) is 5.96 Å². The molecule has 0 aromatic heterocycles. The van der Waals surface area contributed by atoms with Crippen LogP contribution in [0.25, 0.3) is 0 Å². The number of hydrogen-bond donors (Lipinski definition) is 1. The smallest absolute Gasteiger partial charge is 0.196 e. The highest BCUT2D eigenvalue weighted by atomic mass is 79.9. The molecule has 108 valence electrons. The Hall–Kier alpha value is -1.59. The lowest BCUT2D eigenvalue weighted by Gasteiger charge is -2.27. The minimum Gasteiger partial charge on any atom is -0.369 e. The van der Waals surface area contributed by atoms with Gasteiger partial charge in [-0.1, -0.05) is 27.5 Å². The number of anilines is 1. The second-order valence-corrected chi connectivity index (χ2v) is 6.02. The second kappa shape index (κ2) is 5.66. The van der Waals surface area contributed by atoms with Crippen molar-refractivity contribution in [2.45, 2.75) is 6.04 Å². The molecule has 1 unspecified atom stereocenters. The molecule has 3 nitrogen and oxygen atoms in total. The summed E-state index contributed by atoms with van der Waals surface area (Å²) in [5.41, 5.74) is 7.69. The van der Waals surface area contributed by atoms with Gasteiger partial charge in [0.25, 0.3) is 0 Å². The maximum absolute atomic E-state index is 13.6. The molecule has 0 radical (unpaired) electrons. The van der Waals surface area contributed by atoms with Gasteiger partial charge < -0.3 is 10.6 Å².